The number of ether oxygens (including phenoxy) is 2. The number of imidazole rings is 1. The summed E-state index contributed by atoms with van der Waals surface area (Å²) in [6.07, 6.45) is 18.4. The Bertz CT molecular complexity index is 933. The van der Waals surface area contributed by atoms with E-state index in [0.717, 1.165) is 18.4 Å². The number of aromatic nitrogens is 4. The van der Waals surface area contributed by atoms with Gasteiger partial charge in [-0.25, -0.2) is 15.0 Å². The zero-order valence-electron chi connectivity index (χ0n) is 23.8. The average molecular weight is 532 g/mol. The number of aromatic amines is 1. The van der Waals surface area contributed by atoms with E-state index in [-0.39, 0.29) is 31.0 Å². The van der Waals surface area contributed by atoms with Gasteiger partial charge in [-0.1, -0.05) is 85.0 Å². The number of hydrogen-bond donors (Lipinski definition) is 2. The highest BCUT2D eigenvalue weighted by Gasteiger charge is 2.22. The van der Waals surface area contributed by atoms with Crippen LogP contribution in [0.4, 0.5) is 0 Å². The Morgan fingerprint density at radius 3 is 2.26 bits per heavy atom. The number of nitrogens with two attached hydrogens (primary N) is 1. The molecule has 0 aliphatic heterocycles. The van der Waals surface area contributed by atoms with Gasteiger partial charge in [-0.2, -0.15) is 0 Å². The second-order valence-electron chi connectivity index (χ2n) is 10.7. The molecule has 0 aromatic carbocycles. The molecule has 9 nitrogen and oxygen atoms in total. The summed E-state index contributed by atoms with van der Waals surface area (Å²) in [5.41, 5.74) is 7.27. The summed E-state index contributed by atoms with van der Waals surface area (Å²) in [4.78, 5) is 40.5. The molecule has 2 atom stereocenters. The first-order valence-electron chi connectivity index (χ1n) is 14.6. The third-order valence-electron chi connectivity index (χ3n) is 6.92. The second-order valence-corrected chi connectivity index (χ2v) is 10.7. The summed E-state index contributed by atoms with van der Waals surface area (Å²) in [7, 11) is 0. The smallest absolute Gasteiger partial charge is 0.323 e. The molecule has 0 spiro atoms. The number of rotatable bonds is 21. The molecule has 0 amide bonds. The molecule has 2 rings (SSSR count). The van der Waals surface area contributed by atoms with Crippen molar-refractivity contribution < 1.29 is 19.1 Å². The lowest BCUT2D eigenvalue weighted by Crippen LogP contribution is -2.38. The Balaban J connectivity index is 1.68. The highest BCUT2D eigenvalue weighted by Crippen LogP contribution is 2.15. The molecule has 0 aliphatic carbocycles. The van der Waals surface area contributed by atoms with Crippen LogP contribution < -0.4 is 5.73 Å². The van der Waals surface area contributed by atoms with Gasteiger partial charge in [0.2, 0.25) is 0 Å². The lowest BCUT2D eigenvalue weighted by atomic mass is 10.0. The summed E-state index contributed by atoms with van der Waals surface area (Å²) in [5.74, 6) is -0.117. The van der Waals surface area contributed by atoms with Crippen LogP contribution >= 0.6 is 0 Å². The van der Waals surface area contributed by atoms with Gasteiger partial charge < -0.3 is 20.2 Å². The Hall–Kier alpha value is -2.55. The molecule has 0 fully saturated rings. The maximum atomic E-state index is 12.3. The van der Waals surface area contributed by atoms with E-state index >= 15 is 0 Å². The van der Waals surface area contributed by atoms with E-state index in [1.807, 2.05) is 13.8 Å². The SMILES string of the molecule is CCCCCCCCCCCCCC(=O)OCCC(COC(=O)[C@@H](N)C(C)C)Cc1ncc2[nH]cnc2n1. The van der Waals surface area contributed by atoms with Crippen molar-refractivity contribution in [3.8, 4) is 0 Å². The first-order chi connectivity index (χ1) is 18.4. The minimum atomic E-state index is -0.670. The number of esters is 2. The van der Waals surface area contributed by atoms with Crippen LogP contribution in [0.5, 0.6) is 0 Å². The van der Waals surface area contributed by atoms with Crippen molar-refractivity contribution in [3.05, 3.63) is 18.3 Å². The highest BCUT2D eigenvalue weighted by atomic mass is 16.5. The Morgan fingerprint density at radius 2 is 1.61 bits per heavy atom. The van der Waals surface area contributed by atoms with Crippen LogP contribution in [0, 0.1) is 11.8 Å². The summed E-state index contributed by atoms with van der Waals surface area (Å²) >= 11 is 0. The van der Waals surface area contributed by atoms with E-state index in [1.165, 1.54) is 57.8 Å². The van der Waals surface area contributed by atoms with Crippen LogP contribution in [-0.4, -0.2) is 51.1 Å². The number of carbonyl (C=O) groups is 2. The monoisotopic (exact) mass is 531 g/mol. The number of H-pyrrole nitrogens is 1. The number of carbonyl (C=O) groups excluding carboxylic acids is 2. The van der Waals surface area contributed by atoms with Crippen LogP contribution in [0.2, 0.25) is 0 Å². The summed E-state index contributed by atoms with van der Waals surface area (Å²) < 4.78 is 11.0. The van der Waals surface area contributed by atoms with Gasteiger partial charge in [0.05, 0.1) is 25.7 Å². The molecular formula is C29H49N5O4. The summed E-state index contributed by atoms with van der Waals surface area (Å²) in [6, 6.07) is -0.670. The fourth-order valence-electron chi connectivity index (χ4n) is 4.29. The van der Waals surface area contributed by atoms with Crippen LogP contribution in [0.15, 0.2) is 12.5 Å². The molecule has 0 radical (unpaired) electrons. The second kappa shape index (κ2) is 18.7. The topological polar surface area (TPSA) is 133 Å². The van der Waals surface area contributed by atoms with E-state index in [1.54, 1.807) is 12.5 Å². The molecule has 1 unspecified atom stereocenters. The Morgan fingerprint density at radius 1 is 0.947 bits per heavy atom. The third kappa shape index (κ3) is 12.8. The van der Waals surface area contributed by atoms with Gasteiger partial charge in [0.25, 0.3) is 0 Å². The number of unbranched alkanes of at least 4 members (excludes halogenated alkanes) is 10. The maximum absolute atomic E-state index is 12.3. The predicted octanol–water partition coefficient (Wildman–Crippen LogP) is 5.67. The van der Waals surface area contributed by atoms with Crippen molar-refractivity contribution in [1.82, 2.24) is 19.9 Å². The zero-order valence-corrected chi connectivity index (χ0v) is 23.8. The average Bonchev–Trinajstić information content (AvgIpc) is 3.37. The molecule has 38 heavy (non-hydrogen) atoms. The van der Waals surface area contributed by atoms with Crippen LogP contribution in [0.25, 0.3) is 11.2 Å². The van der Waals surface area contributed by atoms with E-state index < -0.39 is 12.0 Å². The molecule has 3 N–H and O–H groups in total. The van der Waals surface area contributed by atoms with Crippen molar-refractivity contribution in [2.75, 3.05) is 13.2 Å². The van der Waals surface area contributed by atoms with E-state index in [0.29, 0.717) is 30.7 Å². The lowest BCUT2D eigenvalue weighted by molar-refractivity contribution is -0.149. The van der Waals surface area contributed by atoms with Gasteiger partial charge in [-0.3, -0.25) is 9.59 Å². The van der Waals surface area contributed by atoms with Crippen LogP contribution in [-0.2, 0) is 25.5 Å². The largest absolute Gasteiger partial charge is 0.466 e. The van der Waals surface area contributed by atoms with Gasteiger partial charge >= 0.3 is 11.9 Å². The molecule has 0 saturated heterocycles. The van der Waals surface area contributed by atoms with E-state index in [9.17, 15) is 9.59 Å². The van der Waals surface area contributed by atoms with Gasteiger partial charge in [-0.15, -0.1) is 0 Å². The van der Waals surface area contributed by atoms with Crippen molar-refractivity contribution in [3.63, 3.8) is 0 Å². The fraction of sp³-hybridized carbons (Fsp3) is 0.759. The minimum Gasteiger partial charge on any atom is -0.466 e. The molecule has 2 aromatic heterocycles. The maximum Gasteiger partial charge on any atom is 0.323 e. The van der Waals surface area contributed by atoms with Gasteiger partial charge in [-0.05, 0) is 18.8 Å². The third-order valence-corrected chi connectivity index (χ3v) is 6.92. The van der Waals surface area contributed by atoms with Crippen LogP contribution in [0.3, 0.4) is 0 Å². The lowest BCUT2D eigenvalue weighted by Gasteiger charge is -2.19. The minimum absolute atomic E-state index is 0.0112. The summed E-state index contributed by atoms with van der Waals surface area (Å²) in [5, 5.41) is 0. The standard InChI is InChI=1S/C29H49N5O4/c1-4-5-6-7-8-9-10-11-12-13-14-15-26(35)37-17-16-23(20-38-29(36)27(30)22(2)3)18-25-31-19-24-28(34-25)33-21-32-24/h19,21-23,27H,4-18,20,30H2,1-3H3,(H,31,32,33,34)/t23?,27-/m0/s1. The van der Waals surface area contributed by atoms with Gasteiger partial charge in [0.15, 0.2) is 5.65 Å². The molecule has 0 saturated carbocycles. The van der Waals surface area contributed by atoms with Crippen LogP contribution in [0.1, 0.15) is 110 Å². The molecular weight excluding hydrogens is 482 g/mol. The highest BCUT2D eigenvalue weighted by molar-refractivity contribution is 5.75. The normalized spacial score (nSPS) is 13.1. The molecule has 9 heteroatoms. The molecule has 0 aliphatic rings. The van der Waals surface area contributed by atoms with E-state index in [4.69, 9.17) is 15.2 Å². The van der Waals surface area contributed by atoms with Crippen molar-refractivity contribution >= 4 is 23.1 Å². The predicted molar refractivity (Wildman–Crippen MR) is 149 cm³/mol. The van der Waals surface area contributed by atoms with Gasteiger partial charge in [0, 0.05) is 18.8 Å². The van der Waals surface area contributed by atoms with E-state index in [2.05, 4.69) is 26.9 Å². The molecule has 0 bridgehead atoms. The van der Waals surface area contributed by atoms with Gasteiger partial charge in [0.1, 0.15) is 17.4 Å². The Kier molecular flexibility index (Phi) is 15.5. The molecule has 2 heterocycles. The number of fused-ring (bicyclic) bond motifs is 1. The van der Waals surface area contributed by atoms with Crippen molar-refractivity contribution in [2.45, 2.75) is 117 Å². The number of nitrogens with zero attached hydrogens (tertiary/aromatic N) is 3. The zero-order chi connectivity index (χ0) is 27.6. The molecule has 214 valence electrons. The first-order valence-corrected chi connectivity index (χ1v) is 14.6. The summed E-state index contributed by atoms with van der Waals surface area (Å²) in [6.45, 7) is 6.44. The van der Waals surface area contributed by atoms with Crippen molar-refractivity contribution in [2.24, 2.45) is 17.6 Å². The van der Waals surface area contributed by atoms with Crippen molar-refractivity contribution in [1.29, 1.82) is 0 Å². The Labute approximate surface area is 228 Å². The number of hydrogen-bond acceptors (Lipinski definition) is 8. The number of nitrogens with one attached hydrogen (secondary N) is 1. The first kappa shape index (κ1) is 31.7. The fourth-order valence-corrected chi connectivity index (χ4v) is 4.29. The quantitative estimate of drug-likeness (QED) is 0.155. The molecule has 2 aromatic rings.